The molecule has 1 aliphatic heterocycles. The van der Waals surface area contributed by atoms with Gasteiger partial charge >= 0.3 is 6.18 Å². The number of morpholine rings is 1. The number of benzene rings is 2. The molecule has 1 aliphatic rings. The van der Waals surface area contributed by atoms with Crippen molar-refractivity contribution in [2.45, 2.75) is 11.3 Å². The number of nitrogens with zero attached hydrogens (tertiary/aromatic N) is 2. The van der Waals surface area contributed by atoms with E-state index in [1.807, 2.05) is 4.90 Å². The lowest BCUT2D eigenvalue weighted by Gasteiger charge is -2.31. The second-order valence-corrected chi connectivity index (χ2v) is 8.06. The average Bonchev–Trinajstić information content (AvgIpc) is 3.19. The molecule has 1 aromatic heterocycles. The molecule has 170 valence electrons. The van der Waals surface area contributed by atoms with Crippen LogP contribution in [0.5, 0.6) is 5.75 Å². The first-order valence-corrected chi connectivity index (χ1v) is 10.8. The Morgan fingerprint density at radius 3 is 2.75 bits per heavy atom. The van der Waals surface area contributed by atoms with Crippen LogP contribution in [0.25, 0.3) is 11.0 Å². The zero-order chi connectivity index (χ0) is 22.7. The number of ether oxygens (including phenoxy) is 2. The normalized spacial score (nSPS) is 14.6. The number of rotatable bonds is 6. The van der Waals surface area contributed by atoms with Crippen LogP contribution in [0.15, 0.2) is 41.6 Å². The van der Waals surface area contributed by atoms with Crippen molar-refractivity contribution in [1.29, 1.82) is 0 Å². The van der Waals surface area contributed by atoms with Gasteiger partial charge in [0.15, 0.2) is 5.16 Å². The maximum Gasteiger partial charge on any atom is 0.416 e. The zero-order valence-electron chi connectivity index (χ0n) is 17.2. The molecule has 1 fully saturated rings. The summed E-state index contributed by atoms with van der Waals surface area (Å²) in [4.78, 5) is 22.0. The van der Waals surface area contributed by atoms with Crippen LogP contribution in [-0.2, 0) is 15.7 Å². The summed E-state index contributed by atoms with van der Waals surface area (Å²) in [6.07, 6.45) is -4.51. The number of nitrogens with one attached hydrogen (secondary N) is 2. The zero-order valence-corrected chi connectivity index (χ0v) is 18.0. The number of H-pyrrole nitrogens is 1. The number of aromatic nitrogens is 2. The number of imidazole rings is 1. The summed E-state index contributed by atoms with van der Waals surface area (Å²) in [5.74, 6) is 0.230. The van der Waals surface area contributed by atoms with E-state index in [1.54, 1.807) is 25.3 Å². The summed E-state index contributed by atoms with van der Waals surface area (Å²) in [6, 6.07) is 8.77. The standard InChI is InChI=1S/C21H21F3N4O3S/c1-30-14-3-4-15-16(11-14)27-20(26-15)32-12-19(29)25-17-10-13(21(22,23)24)2-5-18(17)28-6-8-31-9-7-28/h2-5,10-11H,6-9,12H2,1H3,(H,25,29)(H,26,27). The van der Waals surface area contributed by atoms with E-state index in [2.05, 4.69) is 15.3 Å². The number of carbonyl (C=O) groups excluding carboxylic acids is 1. The number of hydrogen-bond donors (Lipinski definition) is 2. The quantitative estimate of drug-likeness (QED) is 0.532. The van der Waals surface area contributed by atoms with Gasteiger partial charge < -0.3 is 24.7 Å². The molecule has 0 atom stereocenters. The Bertz CT molecular complexity index is 1110. The number of aromatic amines is 1. The molecule has 0 unspecified atom stereocenters. The molecule has 0 radical (unpaired) electrons. The predicted octanol–water partition coefficient (Wildman–Crippen LogP) is 4.16. The summed E-state index contributed by atoms with van der Waals surface area (Å²) in [6.45, 7) is 2.01. The number of fused-ring (bicyclic) bond motifs is 1. The molecule has 2 aromatic carbocycles. The SMILES string of the molecule is COc1ccc2nc(SCC(=O)Nc3cc(C(F)(F)F)ccc3N3CCOCC3)[nH]c2c1. The molecular weight excluding hydrogens is 445 g/mol. The largest absolute Gasteiger partial charge is 0.497 e. The second-order valence-electron chi connectivity index (χ2n) is 7.09. The number of thioether (sulfide) groups is 1. The van der Waals surface area contributed by atoms with E-state index in [1.165, 1.54) is 6.07 Å². The van der Waals surface area contributed by atoms with Gasteiger partial charge in [-0.1, -0.05) is 11.8 Å². The summed E-state index contributed by atoms with van der Waals surface area (Å²) < 4.78 is 50.2. The first-order chi connectivity index (χ1) is 15.3. The Morgan fingerprint density at radius 1 is 1.25 bits per heavy atom. The van der Waals surface area contributed by atoms with Gasteiger partial charge in [0.2, 0.25) is 5.91 Å². The summed E-state index contributed by atoms with van der Waals surface area (Å²) in [5, 5.41) is 3.17. The van der Waals surface area contributed by atoms with Gasteiger partial charge in [0, 0.05) is 19.2 Å². The van der Waals surface area contributed by atoms with E-state index in [0.717, 1.165) is 34.9 Å². The summed E-state index contributed by atoms with van der Waals surface area (Å²) in [7, 11) is 1.57. The summed E-state index contributed by atoms with van der Waals surface area (Å²) >= 11 is 1.16. The highest BCUT2D eigenvalue weighted by molar-refractivity contribution is 7.99. The number of amides is 1. The fraction of sp³-hybridized carbons (Fsp3) is 0.333. The van der Waals surface area contributed by atoms with Gasteiger partial charge in [-0.3, -0.25) is 4.79 Å². The van der Waals surface area contributed by atoms with Crippen LogP contribution in [0.1, 0.15) is 5.56 Å². The van der Waals surface area contributed by atoms with E-state index in [9.17, 15) is 18.0 Å². The molecule has 2 N–H and O–H groups in total. The minimum absolute atomic E-state index is 0.0181. The molecule has 0 aliphatic carbocycles. The van der Waals surface area contributed by atoms with Crippen LogP contribution < -0.4 is 15.0 Å². The predicted molar refractivity (Wildman–Crippen MR) is 116 cm³/mol. The van der Waals surface area contributed by atoms with Crippen molar-refractivity contribution in [2.75, 3.05) is 49.4 Å². The van der Waals surface area contributed by atoms with E-state index in [-0.39, 0.29) is 11.4 Å². The van der Waals surface area contributed by atoms with E-state index in [0.29, 0.717) is 42.9 Å². The minimum Gasteiger partial charge on any atom is -0.497 e. The molecule has 2 heterocycles. The second kappa shape index (κ2) is 9.29. The maximum absolute atomic E-state index is 13.2. The van der Waals surface area contributed by atoms with Crippen molar-refractivity contribution in [2.24, 2.45) is 0 Å². The first kappa shape index (κ1) is 22.3. The van der Waals surface area contributed by atoms with Crippen LogP contribution in [0.3, 0.4) is 0 Å². The van der Waals surface area contributed by atoms with Crippen molar-refractivity contribution in [3.8, 4) is 5.75 Å². The fourth-order valence-corrected chi connectivity index (χ4v) is 4.06. The van der Waals surface area contributed by atoms with Crippen molar-refractivity contribution in [3.05, 3.63) is 42.0 Å². The van der Waals surface area contributed by atoms with Crippen LogP contribution in [0.4, 0.5) is 24.5 Å². The van der Waals surface area contributed by atoms with Crippen molar-refractivity contribution >= 4 is 40.1 Å². The van der Waals surface area contributed by atoms with Crippen LogP contribution in [-0.4, -0.2) is 55.0 Å². The smallest absolute Gasteiger partial charge is 0.416 e. The molecule has 0 spiro atoms. The van der Waals surface area contributed by atoms with Gasteiger partial charge in [-0.15, -0.1) is 0 Å². The van der Waals surface area contributed by atoms with Gasteiger partial charge in [-0.05, 0) is 30.3 Å². The van der Waals surface area contributed by atoms with Crippen molar-refractivity contribution in [1.82, 2.24) is 9.97 Å². The van der Waals surface area contributed by atoms with Crippen LogP contribution in [0.2, 0.25) is 0 Å². The maximum atomic E-state index is 13.2. The lowest BCUT2D eigenvalue weighted by molar-refractivity contribution is -0.137. The lowest BCUT2D eigenvalue weighted by Crippen LogP contribution is -2.37. The van der Waals surface area contributed by atoms with E-state index in [4.69, 9.17) is 9.47 Å². The molecule has 3 aromatic rings. The molecule has 0 saturated carbocycles. The van der Waals surface area contributed by atoms with Gasteiger partial charge in [0.25, 0.3) is 0 Å². The fourth-order valence-electron chi connectivity index (χ4n) is 3.37. The first-order valence-electron chi connectivity index (χ1n) is 9.84. The third-order valence-corrected chi connectivity index (χ3v) is 5.83. The Morgan fingerprint density at radius 2 is 2.03 bits per heavy atom. The number of alkyl halides is 3. The molecule has 11 heteroatoms. The monoisotopic (exact) mass is 466 g/mol. The molecule has 1 amide bonds. The van der Waals surface area contributed by atoms with Crippen LogP contribution >= 0.6 is 11.8 Å². The van der Waals surface area contributed by atoms with Gasteiger partial charge in [0.05, 0.1) is 54.0 Å². The third-order valence-electron chi connectivity index (χ3n) is 4.96. The number of carbonyl (C=O) groups is 1. The number of anilines is 2. The van der Waals surface area contributed by atoms with E-state index < -0.39 is 17.6 Å². The van der Waals surface area contributed by atoms with Gasteiger partial charge in [0.1, 0.15) is 5.75 Å². The summed E-state index contributed by atoms with van der Waals surface area (Å²) in [5.41, 5.74) is 1.33. The third kappa shape index (κ3) is 5.10. The Hall–Kier alpha value is -2.92. The number of halogens is 3. The topological polar surface area (TPSA) is 79.5 Å². The number of hydrogen-bond acceptors (Lipinski definition) is 6. The lowest BCUT2D eigenvalue weighted by atomic mass is 10.1. The van der Waals surface area contributed by atoms with Crippen molar-refractivity contribution < 1.29 is 27.4 Å². The highest BCUT2D eigenvalue weighted by Gasteiger charge is 2.32. The highest BCUT2D eigenvalue weighted by atomic mass is 32.2. The van der Waals surface area contributed by atoms with Crippen molar-refractivity contribution in [3.63, 3.8) is 0 Å². The van der Waals surface area contributed by atoms with Crippen LogP contribution in [0, 0.1) is 0 Å². The molecule has 1 saturated heterocycles. The molecular formula is C21H21F3N4O3S. The van der Waals surface area contributed by atoms with Gasteiger partial charge in [-0.2, -0.15) is 13.2 Å². The molecule has 0 bridgehead atoms. The molecule has 4 rings (SSSR count). The van der Waals surface area contributed by atoms with Gasteiger partial charge in [-0.25, -0.2) is 4.98 Å². The average molecular weight is 466 g/mol. The number of methoxy groups -OCH3 is 1. The minimum atomic E-state index is -4.51. The Kier molecular flexibility index (Phi) is 6.47. The Balaban J connectivity index is 1.48. The highest BCUT2D eigenvalue weighted by Crippen LogP contribution is 2.36. The Labute approximate surface area is 186 Å². The molecule has 32 heavy (non-hydrogen) atoms. The van der Waals surface area contributed by atoms with E-state index >= 15 is 0 Å². The molecule has 7 nitrogen and oxygen atoms in total.